The fourth-order valence-corrected chi connectivity index (χ4v) is 5.81. The van der Waals surface area contributed by atoms with Crippen LogP contribution >= 0.6 is 0 Å². The second kappa shape index (κ2) is 11.0. The first-order chi connectivity index (χ1) is 17.7. The number of nitrogens with zero attached hydrogens (tertiary/aromatic N) is 3. The van der Waals surface area contributed by atoms with E-state index in [4.69, 9.17) is 8.92 Å². The van der Waals surface area contributed by atoms with Gasteiger partial charge in [-0.3, -0.25) is 9.36 Å². The molecule has 38 heavy (non-hydrogen) atoms. The Bertz CT molecular complexity index is 1560. The van der Waals surface area contributed by atoms with Crippen LogP contribution in [0.1, 0.15) is 87.4 Å². The van der Waals surface area contributed by atoms with Crippen LogP contribution in [0.25, 0.3) is 5.69 Å². The first kappa shape index (κ1) is 28.9. The van der Waals surface area contributed by atoms with Crippen LogP contribution in [0.15, 0.2) is 40.0 Å². The molecular weight excluding hydrogens is 509 g/mol. The van der Waals surface area contributed by atoms with E-state index < -0.39 is 27.4 Å². The average Bonchev–Trinajstić information content (AvgIpc) is 2.82. The van der Waals surface area contributed by atoms with Crippen molar-refractivity contribution >= 4 is 10.1 Å². The molecule has 0 atom stereocenters. The lowest BCUT2D eigenvalue weighted by Crippen LogP contribution is -2.24. The van der Waals surface area contributed by atoms with E-state index in [1.165, 1.54) is 26.2 Å². The van der Waals surface area contributed by atoms with Crippen molar-refractivity contribution in [2.24, 2.45) is 0 Å². The van der Waals surface area contributed by atoms with E-state index in [0.717, 1.165) is 16.2 Å². The first-order valence-corrected chi connectivity index (χ1v) is 13.6. The van der Waals surface area contributed by atoms with Crippen LogP contribution in [0.2, 0.25) is 0 Å². The number of benzene rings is 2. The lowest BCUT2D eigenvalue weighted by Gasteiger charge is -2.22. The van der Waals surface area contributed by atoms with Crippen molar-refractivity contribution in [1.29, 1.82) is 5.26 Å². The largest absolute Gasteiger partial charge is 0.492 e. The number of hydrogen-bond acceptors (Lipinski definition) is 7. The Labute approximate surface area is 222 Å². The highest BCUT2D eigenvalue weighted by Gasteiger charge is 2.30. The van der Waals surface area contributed by atoms with Crippen molar-refractivity contribution in [2.75, 3.05) is 7.11 Å². The number of aryl methyl sites for hydroxylation is 1. The molecule has 0 aliphatic rings. The van der Waals surface area contributed by atoms with Crippen LogP contribution in [0.3, 0.4) is 0 Å². The molecule has 0 saturated heterocycles. The van der Waals surface area contributed by atoms with Crippen molar-refractivity contribution in [2.45, 2.75) is 71.1 Å². The lowest BCUT2D eigenvalue weighted by molar-refractivity contribution is 0.384. The minimum Gasteiger partial charge on any atom is -0.492 e. The Hall–Kier alpha value is -3.71. The summed E-state index contributed by atoms with van der Waals surface area (Å²) in [6.45, 7) is 13.1. The molecule has 0 radical (unpaired) electrons. The summed E-state index contributed by atoms with van der Waals surface area (Å²) in [5.74, 6) is -1.72. The highest BCUT2D eigenvalue weighted by atomic mass is 32.2. The van der Waals surface area contributed by atoms with E-state index in [1.54, 1.807) is 0 Å². The van der Waals surface area contributed by atoms with Gasteiger partial charge in [-0.2, -0.15) is 18.7 Å². The number of hydrogen-bond donors (Lipinski definition) is 0. The van der Waals surface area contributed by atoms with E-state index in [0.29, 0.717) is 11.1 Å². The van der Waals surface area contributed by atoms with E-state index in [1.807, 2.05) is 59.7 Å². The molecule has 1 heterocycles. The van der Waals surface area contributed by atoms with Crippen molar-refractivity contribution in [3.63, 3.8) is 0 Å². The lowest BCUT2D eigenvalue weighted by atomic mass is 9.89. The Morgan fingerprint density at radius 2 is 1.58 bits per heavy atom. The van der Waals surface area contributed by atoms with Gasteiger partial charge in [0.1, 0.15) is 16.8 Å². The molecule has 0 saturated carbocycles. The van der Waals surface area contributed by atoms with Crippen LogP contribution < -0.4 is 14.5 Å². The Morgan fingerprint density at radius 3 is 2.03 bits per heavy atom. The van der Waals surface area contributed by atoms with Gasteiger partial charge >= 0.3 is 10.1 Å². The standard InChI is InChI=1S/C28H32FN3O5S/c1-15(2)20-11-21(16(3)4)28(22(12-20)17(5)6)38(34,35)37-24-13-25(33)32(18(7)31-24)23-10-9-19(14-30)27(36-8)26(23)29/h9-13,15-17H,1-8H3. The van der Waals surface area contributed by atoms with Gasteiger partial charge < -0.3 is 8.92 Å². The summed E-state index contributed by atoms with van der Waals surface area (Å²) in [7, 11) is -3.18. The zero-order valence-electron chi connectivity index (χ0n) is 22.8. The molecule has 3 aromatic rings. The van der Waals surface area contributed by atoms with E-state index in [-0.39, 0.29) is 45.5 Å². The number of halogens is 1. The van der Waals surface area contributed by atoms with Crippen molar-refractivity contribution in [3.8, 4) is 23.4 Å². The van der Waals surface area contributed by atoms with E-state index >= 15 is 4.39 Å². The summed E-state index contributed by atoms with van der Waals surface area (Å²) >= 11 is 0. The molecule has 202 valence electrons. The molecule has 0 fully saturated rings. The van der Waals surface area contributed by atoms with Gasteiger partial charge in [-0.15, -0.1) is 0 Å². The highest BCUT2D eigenvalue weighted by molar-refractivity contribution is 7.87. The monoisotopic (exact) mass is 541 g/mol. The minimum atomic E-state index is -4.39. The Kier molecular flexibility index (Phi) is 8.32. The molecule has 0 aliphatic carbocycles. The summed E-state index contributed by atoms with van der Waals surface area (Å²) in [4.78, 5) is 17.2. The Balaban J connectivity index is 2.16. The van der Waals surface area contributed by atoms with Gasteiger partial charge in [-0.1, -0.05) is 53.7 Å². The maximum atomic E-state index is 15.1. The van der Waals surface area contributed by atoms with Crippen molar-refractivity contribution in [1.82, 2.24) is 9.55 Å². The van der Waals surface area contributed by atoms with Crippen molar-refractivity contribution < 1.29 is 21.7 Å². The van der Waals surface area contributed by atoms with Crippen LogP contribution in [0.4, 0.5) is 4.39 Å². The van der Waals surface area contributed by atoms with Crippen LogP contribution in [0, 0.1) is 24.1 Å². The number of methoxy groups -OCH3 is 1. The normalized spacial score (nSPS) is 11.8. The fraction of sp³-hybridized carbons (Fsp3) is 0.393. The summed E-state index contributed by atoms with van der Waals surface area (Å²) in [5.41, 5.74) is 1.26. The van der Waals surface area contributed by atoms with Gasteiger partial charge in [-0.25, -0.2) is 4.39 Å². The van der Waals surface area contributed by atoms with Crippen LogP contribution in [-0.2, 0) is 10.1 Å². The molecule has 0 bridgehead atoms. The zero-order valence-corrected chi connectivity index (χ0v) is 23.6. The van der Waals surface area contributed by atoms with Gasteiger partial charge in [0.25, 0.3) is 5.56 Å². The Morgan fingerprint density at radius 1 is 1.00 bits per heavy atom. The molecule has 3 rings (SSSR count). The first-order valence-electron chi connectivity index (χ1n) is 12.2. The molecule has 0 N–H and O–H groups in total. The van der Waals surface area contributed by atoms with E-state index in [9.17, 15) is 18.5 Å². The SMILES string of the molecule is COc1c(C#N)ccc(-n2c(C)nc(OS(=O)(=O)c3c(C(C)C)cc(C(C)C)cc3C(C)C)cc2=O)c1F. The molecule has 0 aliphatic heterocycles. The number of rotatable bonds is 8. The fourth-order valence-electron chi connectivity index (χ4n) is 4.25. The molecule has 2 aromatic carbocycles. The van der Waals surface area contributed by atoms with Gasteiger partial charge in [-0.05, 0) is 53.5 Å². The maximum Gasteiger partial charge on any atom is 0.341 e. The second-order valence-corrected chi connectivity index (χ2v) is 11.4. The third kappa shape index (κ3) is 5.43. The third-order valence-corrected chi connectivity index (χ3v) is 7.59. The van der Waals surface area contributed by atoms with Crippen molar-refractivity contribution in [3.05, 3.63) is 74.6 Å². The minimum absolute atomic E-state index is 0.0170. The van der Waals surface area contributed by atoms with Crippen LogP contribution in [-0.4, -0.2) is 25.1 Å². The van der Waals surface area contributed by atoms with E-state index in [2.05, 4.69) is 4.98 Å². The number of aromatic nitrogens is 2. The van der Waals surface area contributed by atoms with Gasteiger partial charge in [0.05, 0.1) is 24.4 Å². The molecular formula is C28H32FN3O5S. The topological polar surface area (TPSA) is 111 Å². The molecule has 0 spiro atoms. The smallest absolute Gasteiger partial charge is 0.341 e. The quantitative estimate of drug-likeness (QED) is 0.336. The summed E-state index contributed by atoms with van der Waals surface area (Å²) < 4.78 is 53.7. The number of nitriles is 1. The predicted octanol–water partition coefficient (Wildman–Crippen LogP) is 5.70. The third-order valence-electron chi connectivity index (χ3n) is 6.23. The van der Waals surface area contributed by atoms with Gasteiger partial charge in [0, 0.05) is 0 Å². The maximum absolute atomic E-state index is 15.1. The molecule has 1 aromatic heterocycles. The van der Waals surface area contributed by atoms with Gasteiger partial charge in [0.15, 0.2) is 11.6 Å². The highest BCUT2D eigenvalue weighted by Crippen LogP contribution is 2.36. The summed E-state index contributed by atoms with van der Waals surface area (Å²) in [6.07, 6.45) is 0. The predicted molar refractivity (Wildman–Crippen MR) is 142 cm³/mol. The number of ether oxygens (including phenoxy) is 1. The molecule has 0 amide bonds. The summed E-state index contributed by atoms with van der Waals surface area (Å²) in [6, 6.07) is 9.06. The van der Waals surface area contributed by atoms with Crippen LogP contribution in [0.5, 0.6) is 11.6 Å². The molecule has 8 nitrogen and oxygen atoms in total. The molecule has 0 unspecified atom stereocenters. The summed E-state index contributed by atoms with van der Waals surface area (Å²) in [5, 5.41) is 9.18. The zero-order chi connectivity index (χ0) is 28.5. The second-order valence-electron chi connectivity index (χ2n) is 9.94. The molecule has 10 heteroatoms. The average molecular weight is 542 g/mol. The van der Waals surface area contributed by atoms with Gasteiger partial charge in [0.2, 0.25) is 5.88 Å².